The smallest absolute Gasteiger partial charge is 0.215 e. The van der Waals surface area contributed by atoms with Crippen LogP contribution in [-0.4, -0.2) is 20.0 Å². The highest BCUT2D eigenvalue weighted by Gasteiger charge is 2.16. The fourth-order valence-electron chi connectivity index (χ4n) is 1.96. The summed E-state index contributed by atoms with van der Waals surface area (Å²) in [4.78, 5) is 0.218. The summed E-state index contributed by atoms with van der Waals surface area (Å²) >= 11 is 4.95. The molecule has 0 atom stereocenters. The molecule has 4 nitrogen and oxygen atoms in total. The third-order valence-electron chi connectivity index (χ3n) is 3.37. The minimum Gasteiger partial charge on any atom is -0.389 e. The quantitative estimate of drug-likeness (QED) is 0.721. The molecule has 1 rings (SSSR count). The highest BCUT2D eigenvalue weighted by molar-refractivity contribution is 7.88. The van der Waals surface area contributed by atoms with Crippen molar-refractivity contribution in [3.8, 4) is 0 Å². The molecule has 0 fully saturated rings. The molecular formula is C14H22N2O2S2. The molecule has 0 saturated carbocycles. The molecule has 0 heterocycles. The molecule has 1 aromatic carbocycles. The van der Waals surface area contributed by atoms with E-state index in [2.05, 4.69) is 18.6 Å². The molecule has 0 saturated heterocycles. The number of benzene rings is 1. The lowest BCUT2D eigenvalue weighted by Gasteiger charge is -2.14. The number of sulfonamides is 1. The van der Waals surface area contributed by atoms with Gasteiger partial charge in [0, 0.05) is 12.1 Å². The van der Waals surface area contributed by atoms with Gasteiger partial charge in [0.25, 0.3) is 0 Å². The van der Waals surface area contributed by atoms with Crippen molar-refractivity contribution >= 4 is 27.2 Å². The maximum Gasteiger partial charge on any atom is 0.215 e. The van der Waals surface area contributed by atoms with E-state index < -0.39 is 10.0 Å². The largest absolute Gasteiger partial charge is 0.389 e. The fourth-order valence-corrected chi connectivity index (χ4v) is 3.42. The van der Waals surface area contributed by atoms with Crippen molar-refractivity contribution in [2.75, 3.05) is 6.54 Å². The van der Waals surface area contributed by atoms with E-state index in [9.17, 15) is 8.42 Å². The van der Waals surface area contributed by atoms with E-state index in [1.807, 2.05) is 0 Å². The third-order valence-corrected chi connectivity index (χ3v) is 4.89. The summed E-state index contributed by atoms with van der Waals surface area (Å²) in [6, 6.07) is 7.06. The van der Waals surface area contributed by atoms with Crippen LogP contribution in [0.4, 0.5) is 0 Å². The van der Waals surface area contributed by atoms with Gasteiger partial charge in [0.2, 0.25) is 10.0 Å². The van der Waals surface area contributed by atoms with Crippen molar-refractivity contribution in [3.05, 3.63) is 35.4 Å². The van der Waals surface area contributed by atoms with Crippen molar-refractivity contribution in [2.24, 2.45) is 11.7 Å². The Morgan fingerprint density at radius 1 is 1.30 bits per heavy atom. The van der Waals surface area contributed by atoms with Crippen molar-refractivity contribution in [2.45, 2.75) is 32.4 Å². The average molecular weight is 314 g/mol. The van der Waals surface area contributed by atoms with Gasteiger partial charge in [0.05, 0.1) is 5.75 Å². The Morgan fingerprint density at radius 3 is 2.45 bits per heavy atom. The molecule has 112 valence electrons. The van der Waals surface area contributed by atoms with Crippen LogP contribution >= 0.6 is 12.2 Å². The normalized spacial score (nSPS) is 11.8. The summed E-state index contributed by atoms with van der Waals surface area (Å²) < 4.78 is 26.9. The van der Waals surface area contributed by atoms with Gasteiger partial charge in [-0.05, 0) is 11.5 Å². The SMILES string of the molecule is CCC(CC)CNS(=O)(=O)Cc1ccccc1C(N)=S. The zero-order valence-electron chi connectivity index (χ0n) is 11.9. The number of hydrogen-bond acceptors (Lipinski definition) is 3. The van der Waals surface area contributed by atoms with Crippen LogP contribution in [0.3, 0.4) is 0 Å². The summed E-state index contributed by atoms with van der Waals surface area (Å²) in [7, 11) is -3.37. The molecule has 0 amide bonds. The lowest BCUT2D eigenvalue weighted by atomic mass is 10.0. The predicted octanol–water partition coefficient (Wildman–Crippen LogP) is 2.18. The van der Waals surface area contributed by atoms with Crippen LogP contribution in [0.1, 0.15) is 37.8 Å². The lowest BCUT2D eigenvalue weighted by molar-refractivity contribution is 0.478. The zero-order valence-corrected chi connectivity index (χ0v) is 13.6. The number of thiocarbonyl (C=S) groups is 1. The molecule has 0 spiro atoms. The minimum atomic E-state index is -3.37. The standard InChI is InChI=1S/C14H22N2O2S2/c1-3-11(4-2)9-16-20(17,18)10-12-7-5-6-8-13(12)14(15)19/h5-8,11,16H,3-4,9-10H2,1-2H3,(H2,15,19). The van der Waals surface area contributed by atoms with Gasteiger partial charge in [0.1, 0.15) is 4.99 Å². The zero-order chi connectivity index (χ0) is 15.2. The molecule has 0 unspecified atom stereocenters. The van der Waals surface area contributed by atoms with Crippen LogP contribution in [-0.2, 0) is 15.8 Å². The van der Waals surface area contributed by atoms with Crippen LogP contribution in [0.5, 0.6) is 0 Å². The summed E-state index contributed by atoms with van der Waals surface area (Å²) in [5.41, 5.74) is 6.87. The van der Waals surface area contributed by atoms with Gasteiger partial charge in [-0.3, -0.25) is 0 Å². The second-order valence-electron chi connectivity index (χ2n) is 4.81. The van der Waals surface area contributed by atoms with E-state index in [1.54, 1.807) is 24.3 Å². The number of rotatable bonds is 8. The molecule has 0 aromatic heterocycles. The molecule has 0 aliphatic carbocycles. The number of nitrogens with two attached hydrogens (primary N) is 1. The minimum absolute atomic E-state index is 0.0966. The van der Waals surface area contributed by atoms with Gasteiger partial charge < -0.3 is 5.73 Å². The molecule has 0 aliphatic rings. The Labute approximate surface area is 126 Å². The van der Waals surface area contributed by atoms with E-state index in [0.717, 1.165) is 12.8 Å². The average Bonchev–Trinajstić information content (AvgIpc) is 2.39. The first kappa shape index (κ1) is 17.1. The number of hydrogen-bond donors (Lipinski definition) is 2. The summed E-state index contributed by atoms with van der Waals surface area (Å²) in [5.74, 6) is 0.274. The molecule has 0 bridgehead atoms. The molecule has 0 radical (unpaired) electrons. The topological polar surface area (TPSA) is 72.2 Å². The first-order valence-electron chi connectivity index (χ1n) is 6.74. The Morgan fingerprint density at radius 2 is 1.90 bits per heavy atom. The molecule has 6 heteroatoms. The van der Waals surface area contributed by atoms with Gasteiger partial charge in [-0.1, -0.05) is 63.2 Å². The molecule has 20 heavy (non-hydrogen) atoms. The van der Waals surface area contributed by atoms with Gasteiger partial charge >= 0.3 is 0 Å². The first-order valence-corrected chi connectivity index (χ1v) is 8.80. The van der Waals surface area contributed by atoms with Gasteiger partial charge in [-0.15, -0.1) is 0 Å². The van der Waals surface area contributed by atoms with Crippen molar-refractivity contribution in [1.29, 1.82) is 0 Å². The van der Waals surface area contributed by atoms with Gasteiger partial charge in [-0.2, -0.15) is 0 Å². The van der Waals surface area contributed by atoms with Crippen LogP contribution in [0.15, 0.2) is 24.3 Å². The summed E-state index contributed by atoms with van der Waals surface area (Å²) in [5, 5.41) is 0. The van der Waals surface area contributed by atoms with E-state index in [1.165, 1.54) is 0 Å². The number of nitrogens with one attached hydrogen (secondary N) is 1. The van der Waals surface area contributed by atoms with Crippen molar-refractivity contribution in [3.63, 3.8) is 0 Å². The second kappa shape index (κ2) is 7.71. The molecular weight excluding hydrogens is 292 g/mol. The highest BCUT2D eigenvalue weighted by atomic mass is 32.2. The van der Waals surface area contributed by atoms with Crippen LogP contribution in [0.25, 0.3) is 0 Å². The fraction of sp³-hybridized carbons (Fsp3) is 0.500. The van der Waals surface area contributed by atoms with E-state index in [0.29, 0.717) is 23.6 Å². The molecule has 0 aliphatic heterocycles. The van der Waals surface area contributed by atoms with Gasteiger partial charge in [-0.25, -0.2) is 13.1 Å². The Hall–Kier alpha value is -0.980. The highest BCUT2D eigenvalue weighted by Crippen LogP contribution is 2.13. The summed E-state index contributed by atoms with van der Waals surface area (Å²) in [6.45, 7) is 4.60. The van der Waals surface area contributed by atoms with Crippen molar-refractivity contribution in [1.82, 2.24) is 4.72 Å². The van der Waals surface area contributed by atoms with E-state index in [-0.39, 0.29) is 10.7 Å². The third kappa shape index (κ3) is 5.19. The van der Waals surface area contributed by atoms with E-state index in [4.69, 9.17) is 18.0 Å². The van der Waals surface area contributed by atoms with E-state index >= 15 is 0 Å². The van der Waals surface area contributed by atoms with Crippen LogP contribution in [0.2, 0.25) is 0 Å². The predicted molar refractivity (Wildman–Crippen MR) is 87.0 cm³/mol. The first-order chi connectivity index (χ1) is 9.39. The second-order valence-corrected chi connectivity index (χ2v) is 7.06. The Kier molecular flexibility index (Phi) is 6.58. The van der Waals surface area contributed by atoms with Crippen LogP contribution in [0, 0.1) is 5.92 Å². The molecule has 1 aromatic rings. The van der Waals surface area contributed by atoms with Crippen LogP contribution < -0.4 is 10.5 Å². The maximum absolute atomic E-state index is 12.1. The Balaban J connectivity index is 2.79. The summed E-state index contributed by atoms with van der Waals surface area (Å²) in [6.07, 6.45) is 1.92. The molecule has 3 N–H and O–H groups in total. The van der Waals surface area contributed by atoms with Gasteiger partial charge in [0.15, 0.2) is 0 Å². The maximum atomic E-state index is 12.1. The monoisotopic (exact) mass is 314 g/mol. The lowest BCUT2D eigenvalue weighted by Crippen LogP contribution is -2.30. The van der Waals surface area contributed by atoms with Crippen molar-refractivity contribution < 1.29 is 8.42 Å². The Bertz CT molecular complexity index is 552.